The molecule has 4 aromatic rings. The van der Waals surface area contributed by atoms with E-state index in [0.717, 1.165) is 28.7 Å². The highest BCUT2D eigenvalue weighted by molar-refractivity contribution is 5.75. The molecule has 0 N–H and O–H groups in total. The van der Waals surface area contributed by atoms with Crippen LogP contribution in [-0.2, 0) is 12.0 Å². The molecule has 3 heteroatoms. The van der Waals surface area contributed by atoms with Crippen molar-refractivity contribution in [2.24, 2.45) is 0 Å². The second kappa shape index (κ2) is 7.65. The Labute approximate surface area is 165 Å². The lowest BCUT2D eigenvalue weighted by Crippen LogP contribution is -2.38. The van der Waals surface area contributed by atoms with E-state index in [1.807, 2.05) is 66.1 Å². The topological polar surface area (TPSA) is 34.9 Å². The molecule has 1 aromatic heterocycles. The van der Waals surface area contributed by atoms with E-state index >= 15 is 0 Å². The van der Waals surface area contributed by atoms with Crippen LogP contribution in [0.1, 0.15) is 39.8 Å². The molecule has 28 heavy (non-hydrogen) atoms. The van der Waals surface area contributed by atoms with Gasteiger partial charge in [-0.2, -0.15) is 0 Å². The van der Waals surface area contributed by atoms with Crippen molar-refractivity contribution in [1.29, 1.82) is 0 Å². The third-order valence-electron chi connectivity index (χ3n) is 5.27. The van der Waals surface area contributed by atoms with Crippen LogP contribution in [0.3, 0.4) is 0 Å². The van der Waals surface area contributed by atoms with Crippen molar-refractivity contribution in [1.82, 2.24) is 9.55 Å². The minimum atomic E-state index is -0.694. The molecule has 0 amide bonds. The van der Waals surface area contributed by atoms with E-state index < -0.39 is 5.54 Å². The Kier molecular flexibility index (Phi) is 4.90. The van der Waals surface area contributed by atoms with Gasteiger partial charge in [0.15, 0.2) is 6.29 Å². The van der Waals surface area contributed by atoms with Gasteiger partial charge < -0.3 is 4.57 Å². The summed E-state index contributed by atoms with van der Waals surface area (Å²) in [6.45, 7) is 2.02. The van der Waals surface area contributed by atoms with Crippen molar-refractivity contribution in [3.63, 3.8) is 0 Å². The van der Waals surface area contributed by atoms with Crippen molar-refractivity contribution >= 4 is 6.29 Å². The minimum absolute atomic E-state index is 0.610. The maximum atomic E-state index is 12.1. The molecule has 0 radical (unpaired) electrons. The molecule has 0 aliphatic carbocycles. The third kappa shape index (κ3) is 2.76. The average Bonchev–Trinajstić information content (AvgIpc) is 3.20. The van der Waals surface area contributed by atoms with Crippen LogP contribution < -0.4 is 0 Å². The molecule has 138 valence electrons. The van der Waals surface area contributed by atoms with E-state index in [9.17, 15) is 4.79 Å². The number of nitrogens with zero attached hydrogens (tertiary/aromatic N) is 2. The third-order valence-corrected chi connectivity index (χ3v) is 5.27. The molecule has 4 rings (SSSR count). The second-order valence-corrected chi connectivity index (χ2v) is 6.73. The summed E-state index contributed by atoms with van der Waals surface area (Å²) in [5, 5.41) is 0. The molecule has 0 bridgehead atoms. The summed E-state index contributed by atoms with van der Waals surface area (Å²) in [5.41, 5.74) is 3.96. The maximum Gasteiger partial charge on any atom is 0.168 e. The molecule has 0 fully saturated rings. The van der Waals surface area contributed by atoms with Crippen LogP contribution in [0.2, 0.25) is 0 Å². The van der Waals surface area contributed by atoms with E-state index in [1.165, 1.54) is 0 Å². The van der Waals surface area contributed by atoms with Gasteiger partial charge in [-0.05, 0) is 23.1 Å². The SMILES string of the molecule is CCc1ncn(C(c2ccccc2)(c2ccccc2)c2ccccc2)c1C=O. The van der Waals surface area contributed by atoms with Crippen LogP contribution >= 0.6 is 0 Å². The number of carbonyl (C=O) groups is 1. The quantitative estimate of drug-likeness (QED) is 0.352. The van der Waals surface area contributed by atoms with Gasteiger partial charge in [-0.1, -0.05) is 97.9 Å². The van der Waals surface area contributed by atoms with Gasteiger partial charge in [-0.15, -0.1) is 0 Å². The highest BCUT2D eigenvalue weighted by atomic mass is 16.1. The van der Waals surface area contributed by atoms with Gasteiger partial charge in [0.1, 0.15) is 11.2 Å². The number of carbonyl (C=O) groups excluding carboxylic acids is 1. The van der Waals surface area contributed by atoms with Crippen molar-refractivity contribution in [3.8, 4) is 0 Å². The van der Waals surface area contributed by atoms with E-state index in [4.69, 9.17) is 0 Å². The highest BCUT2D eigenvalue weighted by Gasteiger charge is 2.40. The number of rotatable bonds is 6. The first-order chi connectivity index (χ1) is 13.8. The molecule has 0 spiro atoms. The van der Waals surface area contributed by atoms with Gasteiger partial charge in [0, 0.05) is 0 Å². The Balaban J connectivity index is 2.17. The standard InChI is InChI=1S/C25H22N2O/c1-2-23-24(18-28)27(19-26-23)25(20-12-6-3-7-13-20,21-14-8-4-9-15-21)22-16-10-5-11-17-22/h3-19H,2H2,1H3. The maximum absolute atomic E-state index is 12.1. The predicted molar refractivity (Wildman–Crippen MR) is 112 cm³/mol. The Morgan fingerprint density at radius 2 is 1.21 bits per heavy atom. The van der Waals surface area contributed by atoms with Crippen LogP contribution in [-0.4, -0.2) is 15.8 Å². The molecule has 0 saturated carbocycles. The lowest BCUT2D eigenvalue weighted by Gasteiger charge is -2.38. The predicted octanol–water partition coefficient (Wildman–Crippen LogP) is 5.10. The number of benzene rings is 3. The Hall–Kier alpha value is -3.46. The minimum Gasteiger partial charge on any atom is -0.309 e. The molecule has 0 saturated heterocycles. The molecule has 1 heterocycles. The smallest absolute Gasteiger partial charge is 0.168 e. The van der Waals surface area contributed by atoms with Gasteiger partial charge in [0.25, 0.3) is 0 Å². The number of hydrogen-bond donors (Lipinski definition) is 0. The normalized spacial score (nSPS) is 11.3. The summed E-state index contributed by atoms with van der Waals surface area (Å²) in [7, 11) is 0. The summed E-state index contributed by atoms with van der Waals surface area (Å²) in [4.78, 5) is 16.7. The number of aldehydes is 1. The van der Waals surface area contributed by atoms with Crippen LogP contribution in [0.4, 0.5) is 0 Å². The van der Waals surface area contributed by atoms with Crippen LogP contribution in [0.25, 0.3) is 0 Å². The zero-order valence-corrected chi connectivity index (χ0v) is 15.8. The fraction of sp³-hybridized carbons (Fsp3) is 0.120. The fourth-order valence-electron chi connectivity index (χ4n) is 4.01. The summed E-state index contributed by atoms with van der Waals surface area (Å²) < 4.78 is 2.03. The Morgan fingerprint density at radius 3 is 1.57 bits per heavy atom. The summed E-state index contributed by atoms with van der Waals surface area (Å²) in [5.74, 6) is 0. The molecule has 0 atom stereocenters. The second-order valence-electron chi connectivity index (χ2n) is 6.73. The fourth-order valence-corrected chi connectivity index (χ4v) is 4.01. The molecule has 0 unspecified atom stereocenters. The monoisotopic (exact) mass is 366 g/mol. The van der Waals surface area contributed by atoms with E-state index in [2.05, 4.69) is 41.4 Å². The molecule has 0 aliphatic rings. The van der Waals surface area contributed by atoms with Crippen molar-refractivity contribution < 1.29 is 4.79 Å². The number of imidazole rings is 1. The Morgan fingerprint density at radius 1 is 0.786 bits per heavy atom. The number of aryl methyl sites for hydroxylation is 1. The van der Waals surface area contributed by atoms with Crippen LogP contribution in [0.15, 0.2) is 97.3 Å². The first kappa shape index (κ1) is 17.9. The molecule has 3 nitrogen and oxygen atoms in total. The van der Waals surface area contributed by atoms with E-state index in [1.54, 1.807) is 6.33 Å². The van der Waals surface area contributed by atoms with Crippen molar-refractivity contribution in [2.75, 3.05) is 0 Å². The van der Waals surface area contributed by atoms with Gasteiger partial charge >= 0.3 is 0 Å². The Bertz CT molecular complexity index is 957. The zero-order valence-electron chi connectivity index (χ0n) is 15.8. The number of aromatic nitrogens is 2. The highest BCUT2D eigenvalue weighted by Crippen LogP contribution is 2.41. The van der Waals surface area contributed by atoms with Crippen molar-refractivity contribution in [3.05, 3.63) is 125 Å². The molecule has 0 aliphatic heterocycles. The first-order valence-corrected chi connectivity index (χ1v) is 9.50. The summed E-state index contributed by atoms with van der Waals surface area (Å²) in [6.07, 6.45) is 3.43. The summed E-state index contributed by atoms with van der Waals surface area (Å²) in [6, 6.07) is 30.9. The van der Waals surface area contributed by atoms with Gasteiger partial charge in [-0.3, -0.25) is 4.79 Å². The lowest BCUT2D eigenvalue weighted by atomic mass is 9.76. The van der Waals surface area contributed by atoms with Gasteiger partial charge in [-0.25, -0.2) is 4.98 Å². The van der Waals surface area contributed by atoms with Gasteiger partial charge in [0.2, 0.25) is 0 Å². The molecule has 3 aromatic carbocycles. The van der Waals surface area contributed by atoms with Crippen molar-refractivity contribution in [2.45, 2.75) is 18.9 Å². The van der Waals surface area contributed by atoms with Crippen LogP contribution in [0, 0.1) is 0 Å². The first-order valence-electron chi connectivity index (χ1n) is 9.50. The molecular formula is C25H22N2O. The van der Waals surface area contributed by atoms with E-state index in [-0.39, 0.29) is 0 Å². The lowest BCUT2D eigenvalue weighted by molar-refractivity contribution is 0.111. The summed E-state index contributed by atoms with van der Waals surface area (Å²) >= 11 is 0. The average molecular weight is 366 g/mol. The van der Waals surface area contributed by atoms with Crippen LogP contribution in [0.5, 0.6) is 0 Å². The zero-order chi connectivity index (χ0) is 19.4. The van der Waals surface area contributed by atoms with Gasteiger partial charge in [0.05, 0.1) is 12.0 Å². The number of hydrogen-bond acceptors (Lipinski definition) is 2. The van der Waals surface area contributed by atoms with E-state index in [0.29, 0.717) is 12.1 Å². The molecular weight excluding hydrogens is 344 g/mol. The largest absolute Gasteiger partial charge is 0.309 e.